The van der Waals surface area contributed by atoms with Crippen molar-refractivity contribution >= 4 is 17.7 Å². The van der Waals surface area contributed by atoms with Crippen molar-refractivity contribution < 1.29 is 14.6 Å². The van der Waals surface area contributed by atoms with E-state index in [1.807, 2.05) is 36.4 Å². The van der Waals surface area contributed by atoms with Gasteiger partial charge in [-0.15, -0.1) is 0 Å². The molecule has 7 heteroatoms. The SMILES string of the molecule is O=C(N[C@H](CCN1CCC(O)CC1)c1ccc(Cl)nc1)OCc1ccccc1. The number of aliphatic hydroxyl groups is 1. The number of pyridine rings is 1. The van der Waals surface area contributed by atoms with Gasteiger partial charge < -0.3 is 20.1 Å². The molecule has 0 aliphatic carbocycles. The van der Waals surface area contributed by atoms with Gasteiger partial charge in [0, 0.05) is 25.8 Å². The summed E-state index contributed by atoms with van der Waals surface area (Å²) in [6, 6.07) is 12.9. The number of carbonyl (C=O) groups excluding carboxylic acids is 1. The largest absolute Gasteiger partial charge is 0.445 e. The monoisotopic (exact) mass is 403 g/mol. The van der Waals surface area contributed by atoms with Gasteiger partial charge in [-0.2, -0.15) is 0 Å². The summed E-state index contributed by atoms with van der Waals surface area (Å²) in [4.78, 5) is 18.8. The molecule has 1 fully saturated rings. The molecule has 1 aliphatic heterocycles. The minimum Gasteiger partial charge on any atom is -0.445 e. The van der Waals surface area contributed by atoms with Gasteiger partial charge in [0.1, 0.15) is 11.8 Å². The third-order valence-corrected chi connectivity index (χ3v) is 5.17. The lowest BCUT2D eigenvalue weighted by Gasteiger charge is -2.30. The van der Waals surface area contributed by atoms with Crippen molar-refractivity contribution in [3.05, 3.63) is 64.9 Å². The first-order chi connectivity index (χ1) is 13.6. The van der Waals surface area contributed by atoms with Crippen molar-refractivity contribution in [2.24, 2.45) is 0 Å². The van der Waals surface area contributed by atoms with E-state index in [0.717, 1.165) is 50.0 Å². The van der Waals surface area contributed by atoms with E-state index in [-0.39, 0.29) is 18.8 Å². The third-order valence-electron chi connectivity index (χ3n) is 4.95. The van der Waals surface area contributed by atoms with Crippen LogP contribution in [0.2, 0.25) is 5.15 Å². The zero-order valence-electron chi connectivity index (χ0n) is 15.8. The van der Waals surface area contributed by atoms with Gasteiger partial charge in [-0.1, -0.05) is 48.0 Å². The third kappa shape index (κ3) is 6.48. The smallest absolute Gasteiger partial charge is 0.407 e. The summed E-state index contributed by atoms with van der Waals surface area (Å²) in [5.74, 6) is 0. The average molecular weight is 404 g/mol. The molecule has 0 spiro atoms. The summed E-state index contributed by atoms with van der Waals surface area (Å²) < 4.78 is 5.37. The van der Waals surface area contributed by atoms with E-state index in [4.69, 9.17) is 16.3 Å². The molecule has 3 rings (SSSR count). The van der Waals surface area contributed by atoms with Crippen molar-refractivity contribution in [1.29, 1.82) is 0 Å². The molecular formula is C21H26ClN3O3. The number of hydrogen-bond acceptors (Lipinski definition) is 5. The van der Waals surface area contributed by atoms with Crippen LogP contribution in [0.25, 0.3) is 0 Å². The second-order valence-corrected chi connectivity index (χ2v) is 7.42. The van der Waals surface area contributed by atoms with Crippen LogP contribution in [0.1, 0.15) is 36.4 Å². The number of halogens is 1. The molecule has 0 unspecified atom stereocenters. The number of nitrogens with one attached hydrogen (secondary N) is 1. The molecule has 2 heterocycles. The van der Waals surface area contributed by atoms with Gasteiger partial charge in [0.05, 0.1) is 12.1 Å². The predicted molar refractivity (Wildman–Crippen MR) is 108 cm³/mol. The number of aromatic nitrogens is 1. The summed E-state index contributed by atoms with van der Waals surface area (Å²) in [6.07, 6.45) is 3.33. The van der Waals surface area contributed by atoms with Gasteiger partial charge in [0.25, 0.3) is 0 Å². The Morgan fingerprint density at radius 3 is 2.68 bits per heavy atom. The number of aliphatic hydroxyl groups excluding tert-OH is 1. The predicted octanol–water partition coefficient (Wildman–Crippen LogP) is 3.55. The highest BCUT2D eigenvalue weighted by Crippen LogP contribution is 2.20. The molecule has 1 amide bonds. The van der Waals surface area contributed by atoms with Crippen molar-refractivity contribution in [3.8, 4) is 0 Å². The Balaban J connectivity index is 1.57. The standard InChI is InChI=1S/C21H26ClN3O3/c22-20-7-6-17(14-23-20)19(10-13-25-11-8-18(26)9-12-25)24-21(27)28-15-16-4-2-1-3-5-16/h1-7,14,18-19,26H,8-13,15H2,(H,24,27)/t19-/m1/s1. The van der Waals surface area contributed by atoms with Crippen molar-refractivity contribution in [2.45, 2.75) is 38.0 Å². The van der Waals surface area contributed by atoms with Gasteiger partial charge >= 0.3 is 6.09 Å². The number of benzene rings is 1. The number of alkyl carbamates (subject to hydrolysis) is 1. The number of ether oxygens (including phenoxy) is 1. The van der Waals surface area contributed by atoms with E-state index in [2.05, 4.69) is 15.2 Å². The van der Waals surface area contributed by atoms with Crippen LogP contribution in [-0.2, 0) is 11.3 Å². The number of nitrogens with zero attached hydrogens (tertiary/aromatic N) is 2. The van der Waals surface area contributed by atoms with Gasteiger partial charge in [-0.3, -0.25) is 0 Å². The van der Waals surface area contributed by atoms with Crippen LogP contribution in [0.3, 0.4) is 0 Å². The van der Waals surface area contributed by atoms with Crippen molar-refractivity contribution in [3.63, 3.8) is 0 Å². The summed E-state index contributed by atoms with van der Waals surface area (Å²) in [6.45, 7) is 2.78. The molecule has 0 radical (unpaired) electrons. The quantitative estimate of drug-likeness (QED) is 0.691. The van der Waals surface area contributed by atoms with Crippen LogP contribution in [0.15, 0.2) is 48.7 Å². The first-order valence-electron chi connectivity index (χ1n) is 9.59. The van der Waals surface area contributed by atoms with Crippen LogP contribution in [-0.4, -0.2) is 46.8 Å². The van der Waals surface area contributed by atoms with Crippen LogP contribution in [0, 0.1) is 0 Å². The highest BCUT2D eigenvalue weighted by Gasteiger charge is 2.21. The molecular weight excluding hydrogens is 378 g/mol. The van der Waals surface area contributed by atoms with Gasteiger partial charge in [0.2, 0.25) is 0 Å². The number of amides is 1. The number of likely N-dealkylation sites (tertiary alicyclic amines) is 1. The number of hydrogen-bond donors (Lipinski definition) is 2. The molecule has 2 N–H and O–H groups in total. The maximum absolute atomic E-state index is 12.3. The van der Waals surface area contributed by atoms with Gasteiger partial charge in [0.15, 0.2) is 0 Å². The summed E-state index contributed by atoms with van der Waals surface area (Å²) >= 11 is 5.90. The Bertz CT molecular complexity index is 734. The molecule has 2 aromatic rings. The van der Waals surface area contributed by atoms with Gasteiger partial charge in [-0.25, -0.2) is 9.78 Å². The van der Waals surface area contributed by atoms with Gasteiger partial charge in [-0.05, 0) is 36.5 Å². The lowest BCUT2D eigenvalue weighted by molar-refractivity contribution is 0.0802. The van der Waals surface area contributed by atoms with E-state index < -0.39 is 6.09 Å². The molecule has 1 aromatic carbocycles. The average Bonchev–Trinajstić information content (AvgIpc) is 2.72. The molecule has 0 bridgehead atoms. The number of rotatable bonds is 7. The van der Waals surface area contributed by atoms with E-state index in [9.17, 15) is 9.90 Å². The molecule has 0 saturated carbocycles. The fourth-order valence-electron chi connectivity index (χ4n) is 3.28. The lowest BCUT2D eigenvalue weighted by Crippen LogP contribution is -2.38. The Labute approximate surface area is 170 Å². The molecule has 1 aliphatic rings. The zero-order valence-corrected chi connectivity index (χ0v) is 16.5. The molecule has 28 heavy (non-hydrogen) atoms. The molecule has 6 nitrogen and oxygen atoms in total. The van der Waals surface area contributed by atoms with Crippen LogP contribution >= 0.6 is 11.6 Å². The fourth-order valence-corrected chi connectivity index (χ4v) is 3.39. The van der Waals surface area contributed by atoms with Crippen molar-refractivity contribution in [2.75, 3.05) is 19.6 Å². The summed E-state index contributed by atoms with van der Waals surface area (Å²) in [7, 11) is 0. The first-order valence-corrected chi connectivity index (χ1v) is 9.97. The second kappa shape index (κ2) is 10.4. The Kier molecular flexibility index (Phi) is 7.65. The number of piperidine rings is 1. The minimum absolute atomic E-state index is 0.196. The normalized spacial score (nSPS) is 16.5. The Hall–Kier alpha value is -2.15. The van der Waals surface area contributed by atoms with Crippen LogP contribution in [0.5, 0.6) is 0 Å². The summed E-state index contributed by atoms with van der Waals surface area (Å²) in [5, 5.41) is 13.0. The van der Waals surface area contributed by atoms with Crippen molar-refractivity contribution in [1.82, 2.24) is 15.2 Å². The summed E-state index contributed by atoms with van der Waals surface area (Å²) in [5.41, 5.74) is 1.83. The zero-order chi connectivity index (χ0) is 19.8. The van der Waals surface area contributed by atoms with E-state index in [1.54, 1.807) is 12.3 Å². The van der Waals surface area contributed by atoms with Crippen LogP contribution in [0.4, 0.5) is 4.79 Å². The van der Waals surface area contributed by atoms with E-state index in [0.29, 0.717) is 5.15 Å². The highest BCUT2D eigenvalue weighted by molar-refractivity contribution is 6.29. The highest BCUT2D eigenvalue weighted by atomic mass is 35.5. The van der Waals surface area contributed by atoms with E-state index in [1.165, 1.54) is 0 Å². The Morgan fingerprint density at radius 1 is 1.25 bits per heavy atom. The lowest BCUT2D eigenvalue weighted by atomic mass is 10.0. The Morgan fingerprint density at radius 2 is 2.00 bits per heavy atom. The topological polar surface area (TPSA) is 74.7 Å². The van der Waals surface area contributed by atoms with E-state index >= 15 is 0 Å². The fraction of sp³-hybridized carbons (Fsp3) is 0.429. The molecule has 150 valence electrons. The maximum atomic E-state index is 12.3. The second-order valence-electron chi connectivity index (χ2n) is 7.03. The minimum atomic E-state index is -0.460. The number of carbonyl (C=O) groups is 1. The molecule has 1 saturated heterocycles. The molecule has 1 aromatic heterocycles. The molecule has 1 atom stereocenters. The van der Waals surface area contributed by atoms with Crippen LogP contribution < -0.4 is 5.32 Å². The first kappa shape index (κ1) is 20.6. The maximum Gasteiger partial charge on any atom is 0.407 e.